The van der Waals surface area contributed by atoms with E-state index in [0.29, 0.717) is 43.6 Å². The molecule has 0 aliphatic carbocycles. The first-order valence-corrected chi connectivity index (χ1v) is 11.0. The van der Waals surface area contributed by atoms with Gasteiger partial charge < -0.3 is 35.2 Å². The normalized spacial score (nSPS) is 15.5. The molecule has 2 aliphatic heterocycles. The zero-order valence-electron chi connectivity index (χ0n) is 19.0. The summed E-state index contributed by atoms with van der Waals surface area (Å²) in [4.78, 5) is 32.9. The van der Waals surface area contributed by atoms with Crippen LogP contribution in [0.1, 0.15) is 10.4 Å². The van der Waals surface area contributed by atoms with E-state index in [4.69, 9.17) is 4.52 Å². The molecular formula is C23H25N8O3-. The van der Waals surface area contributed by atoms with Gasteiger partial charge in [-0.3, -0.25) is 9.59 Å². The maximum absolute atomic E-state index is 12.5. The lowest BCUT2D eigenvalue weighted by Gasteiger charge is -2.33. The summed E-state index contributed by atoms with van der Waals surface area (Å²) in [7, 11) is 3.79. The van der Waals surface area contributed by atoms with Gasteiger partial charge in [0.25, 0.3) is 5.91 Å². The molecular weight excluding hydrogens is 436 g/mol. The Balaban J connectivity index is 1.16. The summed E-state index contributed by atoms with van der Waals surface area (Å²) in [6.45, 7) is 2.12. The highest BCUT2D eigenvalue weighted by Gasteiger charge is 2.25. The van der Waals surface area contributed by atoms with Gasteiger partial charge in [-0.05, 0) is 44.4 Å². The summed E-state index contributed by atoms with van der Waals surface area (Å²) in [5.41, 5.74) is 7.72. The van der Waals surface area contributed by atoms with Gasteiger partial charge in [0, 0.05) is 48.7 Å². The fraction of sp³-hybridized carbons (Fsp3) is 0.304. The Morgan fingerprint density at radius 2 is 1.74 bits per heavy atom. The van der Waals surface area contributed by atoms with Gasteiger partial charge in [0.2, 0.25) is 11.7 Å². The van der Waals surface area contributed by atoms with E-state index in [0.717, 1.165) is 16.9 Å². The van der Waals surface area contributed by atoms with Gasteiger partial charge >= 0.3 is 6.01 Å². The molecule has 0 bridgehead atoms. The maximum atomic E-state index is 12.5. The Kier molecular flexibility index (Phi) is 5.76. The number of aromatic nitrogens is 2. The molecule has 3 aromatic rings. The van der Waals surface area contributed by atoms with Crippen molar-refractivity contribution in [2.45, 2.75) is 0 Å². The second-order valence-electron chi connectivity index (χ2n) is 8.16. The Labute approximate surface area is 196 Å². The molecule has 0 spiro atoms. The van der Waals surface area contributed by atoms with Gasteiger partial charge in [-0.2, -0.15) is 4.98 Å². The fourth-order valence-corrected chi connectivity index (χ4v) is 4.06. The molecule has 2 amide bonds. The highest BCUT2D eigenvalue weighted by molar-refractivity contribution is 5.96. The highest BCUT2D eigenvalue weighted by atomic mass is 16.5. The van der Waals surface area contributed by atoms with Crippen molar-refractivity contribution < 1.29 is 14.1 Å². The van der Waals surface area contributed by atoms with Crippen molar-refractivity contribution in [3.63, 3.8) is 0 Å². The number of fused-ring (bicyclic) bond motifs is 1. The third kappa shape index (κ3) is 4.25. The Morgan fingerprint density at radius 3 is 2.50 bits per heavy atom. The number of hydrogen-bond acceptors (Lipinski definition) is 8. The van der Waals surface area contributed by atoms with E-state index in [-0.39, 0.29) is 18.4 Å². The third-order valence-electron chi connectivity index (χ3n) is 5.95. The molecule has 11 heteroatoms. The van der Waals surface area contributed by atoms with Gasteiger partial charge in [0.15, 0.2) is 0 Å². The van der Waals surface area contributed by atoms with Crippen LogP contribution < -0.4 is 20.2 Å². The Bertz CT molecular complexity index is 1190. The topological polar surface area (TPSA) is 112 Å². The third-order valence-corrected chi connectivity index (χ3v) is 5.95. The van der Waals surface area contributed by atoms with Crippen molar-refractivity contribution in [1.29, 1.82) is 0 Å². The number of nitrogens with one attached hydrogen (secondary N) is 1. The number of hydrogen-bond donors (Lipinski definition) is 1. The predicted molar refractivity (Wildman–Crippen MR) is 127 cm³/mol. The van der Waals surface area contributed by atoms with Crippen LogP contribution in [0.4, 0.5) is 17.4 Å². The number of piperazine rings is 1. The number of nitrogens with zero attached hydrogens (tertiary/aromatic N) is 7. The summed E-state index contributed by atoms with van der Waals surface area (Å²) in [5, 5.41) is 10.4. The summed E-state index contributed by atoms with van der Waals surface area (Å²) in [5.74, 6) is 0.125. The molecule has 2 aliphatic rings. The molecule has 5 rings (SSSR count). The molecule has 3 heterocycles. The highest BCUT2D eigenvalue weighted by Crippen LogP contribution is 2.40. The van der Waals surface area contributed by atoms with Crippen LogP contribution >= 0.6 is 0 Å². The SMILES string of the molecule is CN1[N-]N(C)c2cc(-c3noc(N4CCN(C(=O)CNC(=O)c5ccccc5)CC4)n3)ccc21. The van der Waals surface area contributed by atoms with Gasteiger partial charge in [0.05, 0.1) is 6.54 Å². The minimum Gasteiger partial charge on any atom is -0.475 e. The van der Waals surface area contributed by atoms with E-state index in [1.165, 1.54) is 0 Å². The number of rotatable bonds is 5. The maximum Gasteiger partial charge on any atom is 0.324 e. The lowest BCUT2D eigenvalue weighted by Crippen LogP contribution is -2.51. The van der Waals surface area contributed by atoms with Crippen LogP contribution in [0.3, 0.4) is 0 Å². The minimum absolute atomic E-state index is 0.0350. The van der Waals surface area contributed by atoms with Crippen LogP contribution in [0.25, 0.3) is 16.9 Å². The largest absolute Gasteiger partial charge is 0.475 e. The molecule has 0 radical (unpaired) electrons. The first-order valence-electron chi connectivity index (χ1n) is 11.0. The molecule has 0 unspecified atom stereocenters. The number of benzene rings is 2. The smallest absolute Gasteiger partial charge is 0.324 e. The molecule has 1 saturated heterocycles. The average Bonchev–Trinajstić information content (AvgIpc) is 3.47. The summed E-state index contributed by atoms with van der Waals surface area (Å²) < 4.78 is 5.51. The molecule has 34 heavy (non-hydrogen) atoms. The molecule has 0 saturated carbocycles. The zero-order valence-corrected chi connectivity index (χ0v) is 19.0. The van der Waals surface area contributed by atoms with Crippen molar-refractivity contribution in [3.05, 3.63) is 59.6 Å². The van der Waals surface area contributed by atoms with Crippen LogP contribution in [0, 0.1) is 0 Å². The first-order chi connectivity index (χ1) is 16.5. The molecule has 1 N–H and O–H groups in total. The molecule has 1 fully saturated rings. The number of amides is 2. The van der Waals surface area contributed by atoms with E-state index >= 15 is 0 Å². The predicted octanol–water partition coefficient (Wildman–Crippen LogP) is 1.90. The van der Waals surface area contributed by atoms with Crippen molar-refractivity contribution in [2.24, 2.45) is 0 Å². The van der Waals surface area contributed by atoms with Crippen LogP contribution in [0.5, 0.6) is 0 Å². The van der Waals surface area contributed by atoms with Crippen LogP contribution in [0.15, 0.2) is 53.1 Å². The Morgan fingerprint density at radius 1 is 1.00 bits per heavy atom. The second kappa shape index (κ2) is 9.02. The average molecular weight is 462 g/mol. The van der Waals surface area contributed by atoms with Gasteiger partial charge in [0.1, 0.15) is 0 Å². The standard InChI is InChI=1S/C23H25N8O3/c1-28-18-9-8-17(14-19(18)29(2)27-28)21-25-23(34-26-21)31-12-10-30(11-13-31)20(32)15-24-22(33)16-6-4-3-5-7-16/h3-9,14H,10-13,15H2,1-2H3,(H,24,33)/q-1. The monoisotopic (exact) mass is 461 g/mol. The number of carbonyl (C=O) groups is 2. The molecule has 0 atom stereocenters. The molecule has 176 valence electrons. The number of carbonyl (C=O) groups excluding carboxylic acids is 2. The van der Waals surface area contributed by atoms with Gasteiger partial charge in [-0.1, -0.05) is 23.4 Å². The van der Waals surface area contributed by atoms with Crippen molar-refractivity contribution in [2.75, 3.05) is 61.7 Å². The lowest BCUT2D eigenvalue weighted by molar-refractivity contribution is -0.130. The summed E-state index contributed by atoms with van der Waals surface area (Å²) >= 11 is 0. The van der Waals surface area contributed by atoms with E-state index in [2.05, 4.69) is 21.0 Å². The van der Waals surface area contributed by atoms with Crippen molar-refractivity contribution >= 4 is 29.2 Å². The van der Waals surface area contributed by atoms with Crippen LogP contribution in [-0.4, -0.2) is 73.7 Å². The molecule has 11 nitrogen and oxygen atoms in total. The van der Waals surface area contributed by atoms with Crippen molar-refractivity contribution in [3.8, 4) is 11.4 Å². The first kappa shape index (κ1) is 21.7. The summed E-state index contributed by atoms with van der Waals surface area (Å²) in [6.07, 6.45) is 0. The minimum atomic E-state index is -0.260. The van der Waals surface area contributed by atoms with Crippen LogP contribution in [-0.2, 0) is 4.79 Å². The van der Waals surface area contributed by atoms with E-state index in [9.17, 15) is 9.59 Å². The van der Waals surface area contributed by atoms with Gasteiger partial charge in [-0.25, -0.2) is 0 Å². The summed E-state index contributed by atoms with van der Waals surface area (Å²) in [6, 6.07) is 15.2. The number of anilines is 3. The van der Waals surface area contributed by atoms with Crippen molar-refractivity contribution in [1.82, 2.24) is 20.4 Å². The Hall–Kier alpha value is -4.12. The van der Waals surface area contributed by atoms with Gasteiger partial charge in [-0.15, -0.1) is 0 Å². The molecule has 2 aromatic carbocycles. The van der Waals surface area contributed by atoms with Crippen LogP contribution in [0.2, 0.25) is 0 Å². The molecule has 1 aromatic heterocycles. The zero-order chi connectivity index (χ0) is 23.7. The van der Waals surface area contributed by atoms with E-state index in [1.54, 1.807) is 34.2 Å². The fourth-order valence-electron chi connectivity index (χ4n) is 4.06. The quantitative estimate of drug-likeness (QED) is 0.613. The second-order valence-corrected chi connectivity index (χ2v) is 8.16. The van der Waals surface area contributed by atoms with E-state index in [1.807, 2.05) is 48.3 Å². The lowest BCUT2D eigenvalue weighted by atomic mass is 10.1. The van der Waals surface area contributed by atoms with E-state index < -0.39 is 0 Å².